The number of benzene rings is 1. The molecule has 1 aromatic carbocycles. The summed E-state index contributed by atoms with van der Waals surface area (Å²) >= 11 is 0. The number of piperidine rings is 1. The van der Waals surface area contributed by atoms with Crippen molar-refractivity contribution in [1.82, 2.24) is 15.5 Å². The third kappa shape index (κ3) is 4.57. The van der Waals surface area contributed by atoms with E-state index < -0.39 is 0 Å². The second-order valence-electron chi connectivity index (χ2n) is 6.45. The summed E-state index contributed by atoms with van der Waals surface area (Å²) in [6.45, 7) is 4.01. The lowest BCUT2D eigenvalue weighted by atomic mass is 10.0. The van der Waals surface area contributed by atoms with E-state index in [2.05, 4.69) is 15.5 Å². The number of carbonyl (C=O) groups excluding carboxylic acids is 1. The van der Waals surface area contributed by atoms with Gasteiger partial charge >= 0.3 is 0 Å². The summed E-state index contributed by atoms with van der Waals surface area (Å²) in [4.78, 5) is 15.9. The quantitative estimate of drug-likeness (QED) is 0.881. The maximum atomic E-state index is 11.4. The topological polar surface area (TPSA) is 77.2 Å². The van der Waals surface area contributed by atoms with Crippen molar-refractivity contribution in [3.63, 3.8) is 0 Å². The van der Waals surface area contributed by atoms with Gasteiger partial charge in [-0.2, -0.15) is 4.98 Å². The summed E-state index contributed by atoms with van der Waals surface area (Å²) in [5, 5.41) is 7.00. The number of hydrogen-bond acceptors (Lipinski definition) is 5. The molecule has 0 aliphatic carbocycles. The monoisotopic (exact) mass is 329 g/mol. The molecule has 1 atom stereocenters. The molecule has 1 amide bonds. The van der Waals surface area contributed by atoms with Crippen molar-refractivity contribution in [1.29, 1.82) is 0 Å². The molecule has 6 nitrogen and oxygen atoms in total. The zero-order valence-corrected chi connectivity index (χ0v) is 14.1. The Kier molecular flexibility index (Phi) is 5.13. The lowest BCUT2D eigenvalue weighted by Crippen LogP contribution is -2.40. The summed E-state index contributed by atoms with van der Waals surface area (Å²) in [7, 11) is 0. The highest BCUT2D eigenvalue weighted by Gasteiger charge is 2.21. The lowest BCUT2D eigenvalue weighted by Gasteiger charge is -2.21. The van der Waals surface area contributed by atoms with E-state index in [4.69, 9.17) is 9.26 Å². The van der Waals surface area contributed by atoms with Crippen molar-refractivity contribution in [3.8, 4) is 5.75 Å². The predicted molar refractivity (Wildman–Crippen MR) is 88.8 cm³/mol. The summed E-state index contributed by atoms with van der Waals surface area (Å²) < 4.78 is 10.9. The van der Waals surface area contributed by atoms with E-state index in [-0.39, 0.29) is 18.1 Å². The van der Waals surface area contributed by atoms with E-state index in [0.717, 1.165) is 24.2 Å². The van der Waals surface area contributed by atoms with Crippen LogP contribution in [0.5, 0.6) is 5.75 Å². The second-order valence-corrected chi connectivity index (χ2v) is 6.45. The van der Waals surface area contributed by atoms with Crippen LogP contribution in [0.25, 0.3) is 0 Å². The van der Waals surface area contributed by atoms with Gasteiger partial charge in [-0.25, -0.2) is 0 Å². The van der Waals surface area contributed by atoms with Crippen molar-refractivity contribution in [3.05, 3.63) is 41.5 Å². The maximum absolute atomic E-state index is 11.4. The SMILES string of the molecule is CC(C)Oc1ccc(Cc2noc(CC3CCCC(=O)N3)n2)cc1. The first-order valence-electron chi connectivity index (χ1n) is 8.45. The normalized spacial score (nSPS) is 17.8. The van der Waals surface area contributed by atoms with Crippen molar-refractivity contribution >= 4 is 5.91 Å². The molecule has 128 valence electrons. The van der Waals surface area contributed by atoms with Crippen LogP contribution in [0.3, 0.4) is 0 Å². The highest BCUT2D eigenvalue weighted by molar-refractivity contribution is 5.76. The molecule has 0 radical (unpaired) electrons. The van der Waals surface area contributed by atoms with Crippen LogP contribution in [0.4, 0.5) is 0 Å². The first-order valence-corrected chi connectivity index (χ1v) is 8.45. The van der Waals surface area contributed by atoms with Crippen molar-refractivity contribution in [2.45, 2.75) is 58.1 Å². The van der Waals surface area contributed by atoms with Crippen LogP contribution >= 0.6 is 0 Å². The molecule has 2 aromatic rings. The van der Waals surface area contributed by atoms with Gasteiger partial charge in [0.15, 0.2) is 5.82 Å². The van der Waals surface area contributed by atoms with Crippen LogP contribution in [0.1, 0.15) is 50.4 Å². The predicted octanol–water partition coefficient (Wildman–Crippen LogP) is 2.66. The number of nitrogens with one attached hydrogen (secondary N) is 1. The smallest absolute Gasteiger partial charge is 0.228 e. The zero-order chi connectivity index (χ0) is 16.9. The average Bonchev–Trinajstić information content (AvgIpc) is 2.96. The van der Waals surface area contributed by atoms with Crippen LogP contribution in [0.15, 0.2) is 28.8 Å². The fraction of sp³-hybridized carbons (Fsp3) is 0.500. The average molecular weight is 329 g/mol. The Balaban J connectivity index is 1.56. The third-order valence-electron chi connectivity index (χ3n) is 3.91. The van der Waals surface area contributed by atoms with E-state index in [1.807, 2.05) is 38.1 Å². The van der Waals surface area contributed by atoms with Gasteiger partial charge in [0.1, 0.15) is 5.75 Å². The van der Waals surface area contributed by atoms with Gasteiger partial charge in [0.25, 0.3) is 0 Å². The Morgan fingerprint density at radius 3 is 2.83 bits per heavy atom. The number of ether oxygens (including phenoxy) is 1. The summed E-state index contributed by atoms with van der Waals surface area (Å²) in [5.41, 5.74) is 1.10. The van der Waals surface area contributed by atoms with Crippen LogP contribution in [0, 0.1) is 0 Å². The Labute approximate surface area is 141 Å². The standard InChI is InChI=1S/C18H23N3O3/c1-12(2)23-15-8-6-13(7-9-15)10-16-20-18(24-21-16)11-14-4-3-5-17(22)19-14/h6-9,12,14H,3-5,10-11H2,1-2H3,(H,19,22). The molecular weight excluding hydrogens is 306 g/mol. The molecular formula is C18H23N3O3. The Hall–Kier alpha value is -2.37. The second kappa shape index (κ2) is 7.47. The molecule has 6 heteroatoms. The first kappa shape index (κ1) is 16.5. The minimum absolute atomic E-state index is 0.104. The van der Waals surface area contributed by atoms with Gasteiger partial charge in [-0.3, -0.25) is 4.79 Å². The van der Waals surface area contributed by atoms with Crippen LogP contribution in [0.2, 0.25) is 0 Å². The first-order chi connectivity index (χ1) is 11.6. The number of rotatable bonds is 6. The molecule has 1 aromatic heterocycles. The lowest BCUT2D eigenvalue weighted by molar-refractivity contribution is -0.123. The number of nitrogens with zero attached hydrogens (tertiary/aromatic N) is 2. The molecule has 1 saturated heterocycles. The van der Waals surface area contributed by atoms with Crippen molar-refractivity contribution in [2.24, 2.45) is 0 Å². The fourth-order valence-corrected chi connectivity index (χ4v) is 2.83. The summed E-state index contributed by atoms with van der Waals surface area (Å²) in [6, 6.07) is 8.03. The molecule has 1 N–H and O–H groups in total. The fourth-order valence-electron chi connectivity index (χ4n) is 2.83. The van der Waals surface area contributed by atoms with Crippen molar-refractivity contribution in [2.75, 3.05) is 0 Å². The van der Waals surface area contributed by atoms with Gasteiger partial charge in [-0.15, -0.1) is 0 Å². The maximum Gasteiger partial charge on any atom is 0.228 e. The molecule has 0 spiro atoms. The molecule has 1 aliphatic heterocycles. The van der Waals surface area contributed by atoms with Gasteiger partial charge in [-0.05, 0) is 44.4 Å². The minimum Gasteiger partial charge on any atom is -0.491 e. The molecule has 24 heavy (non-hydrogen) atoms. The molecule has 1 unspecified atom stereocenters. The molecule has 3 rings (SSSR count). The van der Waals surface area contributed by atoms with E-state index in [9.17, 15) is 4.79 Å². The van der Waals surface area contributed by atoms with E-state index in [1.54, 1.807) is 0 Å². The molecule has 0 saturated carbocycles. The van der Waals surface area contributed by atoms with Gasteiger partial charge in [-0.1, -0.05) is 17.3 Å². The van der Waals surface area contributed by atoms with Crippen LogP contribution < -0.4 is 10.1 Å². The Morgan fingerprint density at radius 2 is 2.12 bits per heavy atom. The Morgan fingerprint density at radius 1 is 1.33 bits per heavy atom. The van der Waals surface area contributed by atoms with Gasteiger partial charge in [0.2, 0.25) is 11.8 Å². The van der Waals surface area contributed by atoms with Crippen molar-refractivity contribution < 1.29 is 14.1 Å². The number of amides is 1. The van der Waals surface area contributed by atoms with E-state index in [0.29, 0.717) is 31.0 Å². The highest BCUT2D eigenvalue weighted by atomic mass is 16.5. The van der Waals surface area contributed by atoms with Gasteiger partial charge in [0, 0.05) is 25.3 Å². The van der Waals surface area contributed by atoms with Gasteiger partial charge in [0.05, 0.1) is 6.10 Å². The molecule has 0 bridgehead atoms. The molecule has 1 fully saturated rings. The highest BCUT2D eigenvalue weighted by Crippen LogP contribution is 2.17. The largest absolute Gasteiger partial charge is 0.491 e. The minimum atomic E-state index is 0.104. The number of aromatic nitrogens is 2. The molecule has 2 heterocycles. The van der Waals surface area contributed by atoms with Gasteiger partial charge < -0.3 is 14.6 Å². The van der Waals surface area contributed by atoms with E-state index >= 15 is 0 Å². The summed E-state index contributed by atoms with van der Waals surface area (Å²) in [6.07, 6.45) is 3.86. The zero-order valence-electron chi connectivity index (χ0n) is 14.1. The Bertz CT molecular complexity index is 679. The van der Waals surface area contributed by atoms with E-state index in [1.165, 1.54) is 0 Å². The number of hydrogen-bond donors (Lipinski definition) is 1. The molecule has 1 aliphatic rings. The number of carbonyl (C=O) groups is 1. The third-order valence-corrected chi connectivity index (χ3v) is 3.91. The summed E-state index contributed by atoms with van der Waals surface area (Å²) in [5.74, 6) is 2.20. The van der Waals surface area contributed by atoms with Crippen LogP contribution in [-0.2, 0) is 17.6 Å². The van der Waals surface area contributed by atoms with Crippen LogP contribution in [-0.4, -0.2) is 28.2 Å².